The summed E-state index contributed by atoms with van der Waals surface area (Å²) >= 11 is 6.35. The monoisotopic (exact) mass is 422 g/mol. The zero-order valence-electron chi connectivity index (χ0n) is 15.5. The van der Waals surface area contributed by atoms with E-state index in [1.807, 2.05) is 30.6 Å². The van der Waals surface area contributed by atoms with Gasteiger partial charge in [-0.3, -0.25) is 9.36 Å². The summed E-state index contributed by atoms with van der Waals surface area (Å²) in [4.78, 5) is 19.4. The van der Waals surface area contributed by atoms with Crippen LogP contribution in [0.1, 0.15) is 5.56 Å². The van der Waals surface area contributed by atoms with E-state index in [1.165, 1.54) is 17.4 Å². The second-order valence-electron chi connectivity index (χ2n) is 6.83. The maximum absolute atomic E-state index is 11.9. The average molecular weight is 423 g/mol. The minimum atomic E-state index is -0.146. The Morgan fingerprint density at radius 2 is 1.86 bits per heavy atom. The Balaban J connectivity index is 1.46. The van der Waals surface area contributed by atoms with Gasteiger partial charge in [-0.05, 0) is 48.0 Å². The molecule has 1 N–H and O–H groups in total. The number of amides is 1. The predicted octanol–water partition coefficient (Wildman–Crippen LogP) is 3.35. The van der Waals surface area contributed by atoms with Crippen molar-refractivity contribution in [2.45, 2.75) is 0 Å². The SMILES string of the molecule is O=C1NC(=S)S/C1=C\c1ccc2ncn(-c3ccc(N4CCOCC4)cc3)c2c1. The van der Waals surface area contributed by atoms with E-state index < -0.39 is 0 Å². The topological polar surface area (TPSA) is 59.4 Å². The lowest BCUT2D eigenvalue weighted by Crippen LogP contribution is -2.36. The molecule has 0 unspecified atom stereocenters. The van der Waals surface area contributed by atoms with Gasteiger partial charge in [-0.15, -0.1) is 0 Å². The van der Waals surface area contributed by atoms with Gasteiger partial charge >= 0.3 is 0 Å². The zero-order valence-corrected chi connectivity index (χ0v) is 17.1. The molecule has 2 saturated heterocycles. The van der Waals surface area contributed by atoms with Crippen molar-refractivity contribution in [2.24, 2.45) is 0 Å². The molecule has 1 amide bonds. The number of benzene rings is 2. The number of nitrogens with zero attached hydrogens (tertiary/aromatic N) is 3. The number of morpholine rings is 1. The fourth-order valence-electron chi connectivity index (χ4n) is 3.54. The third-order valence-corrected chi connectivity index (χ3v) is 6.18. The number of fused-ring (bicyclic) bond motifs is 1. The van der Waals surface area contributed by atoms with Crippen molar-refractivity contribution in [3.05, 3.63) is 59.3 Å². The van der Waals surface area contributed by atoms with E-state index in [2.05, 4.69) is 44.0 Å². The van der Waals surface area contributed by atoms with Gasteiger partial charge in [0.1, 0.15) is 10.6 Å². The van der Waals surface area contributed by atoms with Crippen LogP contribution in [0.5, 0.6) is 0 Å². The number of rotatable bonds is 3. The highest BCUT2D eigenvalue weighted by molar-refractivity contribution is 8.26. The summed E-state index contributed by atoms with van der Waals surface area (Å²) in [6.07, 6.45) is 3.69. The largest absolute Gasteiger partial charge is 0.378 e. The summed E-state index contributed by atoms with van der Waals surface area (Å²) in [6, 6.07) is 14.5. The number of ether oxygens (including phenoxy) is 1. The van der Waals surface area contributed by atoms with Crippen molar-refractivity contribution >= 4 is 57.0 Å². The number of thiocarbonyl (C=S) groups is 1. The van der Waals surface area contributed by atoms with Gasteiger partial charge in [0.2, 0.25) is 0 Å². The highest BCUT2D eigenvalue weighted by Gasteiger charge is 2.22. The van der Waals surface area contributed by atoms with E-state index in [0.717, 1.165) is 48.6 Å². The zero-order chi connectivity index (χ0) is 19.8. The summed E-state index contributed by atoms with van der Waals surface area (Å²) in [7, 11) is 0. The molecule has 3 heterocycles. The van der Waals surface area contributed by atoms with Crippen molar-refractivity contribution < 1.29 is 9.53 Å². The highest BCUT2D eigenvalue weighted by atomic mass is 32.2. The number of hydrogen-bond acceptors (Lipinski definition) is 6. The molecule has 0 radical (unpaired) electrons. The number of carbonyl (C=O) groups is 1. The molecule has 0 saturated carbocycles. The van der Waals surface area contributed by atoms with E-state index in [0.29, 0.717) is 9.23 Å². The van der Waals surface area contributed by atoms with Gasteiger partial charge in [-0.1, -0.05) is 30.0 Å². The van der Waals surface area contributed by atoms with Crippen LogP contribution in [0, 0.1) is 0 Å². The van der Waals surface area contributed by atoms with Crippen LogP contribution in [0.2, 0.25) is 0 Å². The fourth-order valence-corrected chi connectivity index (χ4v) is 4.58. The first-order valence-electron chi connectivity index (χ1n) is 9.32. The Kier molecular flexibility index (Phi) is 4.83. The van der Waals surface area contributed by atoms with Gasteiger partial charge in [0.05, 0.1) is 29.2 Å². The van der Waals surface area contributed by atoms with Crippen molar-refractivity contribution in [1.29, 1.82) is 0 Å². The summed E-state index contributed by atoms with van der Waals surface area (Å²) < 4.78 is 7.99. The lowest BCUT2D eigenvalue weighted by molar-refractivity contribution is -0.115. The van der Waals surface area contributed by atoms with Crippen molar-refractivity contribution in [2.75, 3.05) is 31.2 Å². The average Bonchev–Trinajstić information content (AvgIpc) is 3.31. The number of aromatic nitrogens is 2. The molecule has 0 aliphatic carbocycles. The maximum Gasteiger partial charge on any atom is 0.263 e. The Labute approximate surface area is 177 Å². The molecular formula is C21H18N4O2S2. The summed E-state index contributed by atoms with van der Waals surface area (Å²) in [6.45, 7) is 3.38. The lowest BCUT2D eigenvalue weighted by Gasteiger charge is -2.28. The molecule has 0 bridgehead atoms. The number of anilines is 1. The standard InChI is InChI=1S/C21H18N4O2S2/c26-20-19(29-21(28)23-20)12-14-1-6-17-18(11-14)25(13-22-17)16-4-2-15(3-5-16)24-7-9-27-10-8-24/h1-6,11-13H,7-10H2,(H,23,26,28)/b19-12-. The Bertz CT molecular complexity index is 1130. The number of thioether (sulfide) groups is 1. The van der Waals surface area contributed by atoms with E-state index in [1.54, 1.807) is 0 Å². The molecule has 2 aliphatic heterocycles. The molecule has 146 valence electrons. The first kappa shape index (κ1) is 18.4. The van der Waals surface area contributed by atoms with Crippen LogP contribution in [0.4, 0.5) is 5.69 Å². The Hall–Kier alpha value is -2.68. The molecule has 29 heavy (non-hydrogen) atoms. The van der Waals surface area contributed by atoms with Crippen LogP contribution in [0.25, 0.3) is 22.8 Å². The normalized spacial score (nSPS) is 18.6. The van der Waals surface area contributed by atoms with Crippen molar-refractivity contribution in [3.8, 4) is 5.69 Å². The molecule has 0 spiro atoms. The first-order valence-corrected chi connectivity index (χ1v) is 10.5. The third-order valence-electron chi connectivity index (χ3n) is 5.02. The smallest absolute Gasteiger partial charge is 0.263 e. The van der Waals surface area contributed by atoms with Gasteiger partial charge in [0.15, 0.2) is 0 Å². The maximum atomic E-state index is 11.9. The number of hydrogen-bond donors (Lipinski definition) is 1. The van der Waals surface area contributed by atoms with Crippen molar-refractivity contribution in [1.82, 2.24) is 14.9 Å². The van der Waals surface area contributed by atoms with Crippen molar-refractivity contribution in [3.63, 3.8) is 0 Å². The molecule has 2 fully saturated rings. The molecule has 1 aromatic heterocycles. The molecule has 3 aromatic rings. The molecule has 2 aliphatic rings. The minimum Gasteiger partial charge on any atom is -0.378 e. The quantitative estimate of drug-likeness (QED) is 0.516. The second kappa shape index (κ2) is 7.62. The van der Waals surface area contributed by atoms with Gasteiger partial charge in [-0.25, -0.2) is 4.98 Å². The molecule has 5 rings (SSSR count). The van der Waals surface area contributed by atoms with Gasteiger partial charge < -0.3 is 15.0 Å². The van der Waals surface area contributed by atoms with Crippen LogP contribution in [0.3, 0.4) is 0 Å². The fraction of sp³-hybridized carbons (Fsp3) is 0.190. The number of nitrogens with one attached hydrogen (secondary N) is 1. The molecule has 0 atom stereocenters. The van der Waals surface area contributed by atoms with Crippen LogP contribution in [-0.4, -0.2) is 46.1 Å². The van der Waals surface area contributed by atoms with Crippen LogP contribution in [0.15, 0.2) is 53.7 Å². The van der Waals surface area contributed by atoms with E-state index in [9.17, 15) is 4.79 Å². The summed E-state index contributed by atoms with van der Waals surface area (Å²) in [5.41, 5.74) is 5.08. The summed E-state index contributed by atoms with van der Waals surface area (Å²) in [5.74, 6) is -0.146. The second-order valence-corrected chi connectivity index (χ2v) is 8.55. The summed E-state index contributed by atoms with van der Waals surface area (Å²) in [5, 5.41) is 2.65. The van der Waals surface area contributed by atoms with Crippen LogP contribution in [-0.2, 0) is 9.53 Å². The van der Waals surface area contributed by atoms with E-state index in [-0.39, 0.29) is 5.91 Å². The Morgan fingerprint density at radius 3 is 2.59 bits per heavy atom. The molecule has 8 heteroatoms. The van der Waals surface area contributed by atoms with Crippen LogP contribution >= 0.6 is 24.0 Å². The highest BCUT2D eigenvalue weighted by Crippen LogP contribution is 2.28. The first-order chi connectivity index (χ1) is 14.2. The molecule has 2 aromatic carbocycles. The third kappa shape index (κ3) is 3.66. The Morgan fingerprint density at radius 1 is 1.10 bits per heavy atom. The molecular weight excluding hydrogens is 404 g/mol. The number of carbonyl (C=O) groups excluding carboxylic acids is 1. The van der Waals surface area contributed by atoms with Gasteiger partial charge in [-0.2, -0.15) is 0 Å². The lowest BCUT2D eigenvalue weighted by atomic mass is 10.1. The van der Waals surface area contributed by atoms with Crippen LogP contribution < -0.4 is 10.2 Å². The van der Waals surface area contributed by atoms with E-state index >= 15 is 0 Å². The number of imidazole rings is 1. The predicted molar refractivity (Wildman–Crippen MR) is 120 cm³/mol. The van der Waals surface area contributed by atoms with Gasteiger partial charge in [0, 0.05) is 24.5 Å². The van der Waals surface area contributed by atoms with Gasteiger partial charge in [0.25, 0.3) is 5.91 Å². The van der Waals surface area contributed by atoms with E-state index in [4.69, 9.17) is 17.0 Å². The molecule has 6 nitrogen and oxygen atoms in total. The minimum absolute atomic E-state index is 0.146.